The van der Waals surface area contributed by atoms with Crippen molar-refractivity contribution in [2.24, 2.45) is 0 Å². The van der Waals surface area contributed by atoms with Gasteiger partial charge in [0.15, 0.2) is 0 Å². The summed E-state index contributed by atoms with van der Waals surface area (Å²) in [6.07, 6.45) is 1.03. The second kappa shape index (κ2) is 6.07. The summed E-state index contributed by atoms with van der Waals surface area (Å²) in [4.78, 5) is 6.59. The van der Waals surface area contributed by atoms with Crippen LogP contribution >= 0.6 is 23.1 Å². The van der Waals surface area contributed by atoms with Gasteiger partial charge in [0.25, 0.3) is 0 Å². The Balaban J connectivity index is 1.84. The highest BCUT2D eigenvalue weighted by molar-refractivity contribution is 7.99. The van der Waals surface area contributed by atoms with Gasteiger partial charge in [0, 0.05) is 21.9 Å². The molecule has 1 aromatic carbocycles. The van der Waals surface area contributed by atoms with Gasteiger partial charge in [-0.2, -0.15) is 0 Å². The van der Waals surface area contributed by atoms with Crippen LogP contribution < -0.4 is 5.32 Å². The first kappa shape index (κ1) is 15.0. The fourth-order valence-corrected chi connectivity index (χ4v) is 4.97. The number of nitrogens with zero attached hydrogens (tertiary/aromatic N) is 1. The molecule has 0 spiro atoms. The van der Waals surface area contributed by atoms with Gasteiger partial charge in [0.1, 0.15) is 5.82 Å². The minimum Gasteiger partial charge on any atom is -0.302 e. The number of aryl methyl sites for hydroxylation is 2. The molecule has 112 valence electrons. The van der Waals surface area contributed by atoms with Crippen molar-refractivity contribution >= 4 is 23.1 Å². The van der Waals surface area contributed by atoms with E-state index in [2.05, 4.69) is 24.1 Å². The predicted octanol–water partition coefficient (Wildman–Crippen LogP) is 4.79. The van der Waals surface area contributed by atoms with E-state index >= 15 is 0 Å². The molecule has 2 heterocycles. The maximum atomic E-state index is 13.9. The molecule has 0 aliphatic carbocycles. The molecule has 0 saturated heterocycles. The molecular weight excluding hydrogens is 303 g/mol. The number of rotatable bonds is 3. The van der Waals surface area contributed by atoms with Crippen molar-refractivity contribution in [3.05, 3.63) is 45.2 Å². The van der Waals surface area contributed by atoms with Crippen molar-refractivity contribution < 1.29 is 4.39 Å². The number of hydrogen-bond donors (Lipinski definition) is 1. The normalized spacial score (nSPS) is 19.3. The molecule has 2 atom stereocenters. The van der Waals surface area contributed by atoms with Gasteiger partial charge in [-0.3, -0.25) is 0 Å². The number of fused-ring (bicyclic) bond motifs is 1. The Labute approximate surface area is 133 Å². The lowest BCUT2D eigenvalue weighted by Gasteiger charge is -2.29. The third kappa shape index (κ3) is 3.00. The Morgan fingerprint density at radius 3 is 2.90 bits per heavy atom. The minimum absolute atomic E-state index is 0.0959. The Kier molecular flexibility index (Phi) is 4.33. The molecule has 5 heteroatoms. The molecule has 21 heavy (non-hydrogen) atoms. The highest BCUT2D eigenvalue weighted by Crippen LogP contribution is 2.39. The van der Waals surface area contributed by atoms with Crippen molar-refractivity contribution in [3.63, 3.8) is 0 Å². The third-order valence-electron chi connectivity index (χ3n) is 3.81. The van der Waals surface area contributed by atoms with Gasteiger partial charge < -0.3 is 5.32 Å². The van der Waals surface area contributed by atoms with E-state index in [1.54, 1.807) is 29.2 Å². The number of nitrogens with one attached hydrogen (secondary N) is 1. The third-order valence-corrected chi connectivity index (χ3v) is 6.22. The summed E-state index contributed by atoms with van der Waals surface area (Å²) in [5.41, 5.74) is 2.19. The average Bonchev–Trinajstić information content (AvgIpc) is 2.79. The lowest BCUT2D eigenvalue weighted by Crippen LogP contribution is -2.27. The fourth-order valence-electron chi connectivity index (χ4n) is 2.89. The van der Waals surface area contributed by atoms with Crippen LogP contribution in [0.2, 0.25) is 0 Å². The number of benzene rings is 1. The van der Waals surface area contributed by atoms with Crippen LogP contribution in [0.1, 0.15) is 46.6 Å². The van der Waals surface area contributed by atoms with Crippen LogP contribution in [-0.2, 0) is 0 Å². The first-order valence-electron chi connectivity index (χ1n) is 7.17. The van der Waals surface area contributed by atoms with Crippen molar-refractivity contribution in [3.8, 4) is 0 Å². The monoisotopic (exact) mass is 322 g/mol. The van der Waals surface area contributed by atoms with Crippen molar-refractivity contribution in [2.45, 2.75) is 44.2 Å². The quantitative estimate of drug-likeness (QED) is 0.879. The van der Waals surface area contributed by atoms with Gasteiger partial charge in [-0.15, -0.1) is 23.1 Å². The first-order chi connectivity index (χ1) is 10.1. The zero-order valence-corrected chi connectivity index (χ0v) is 14.1. The Morgan fingerprint density at radius 1 is 1.38 bits per heavy atom. The van der Waals surface area contributed by atoms with E-state index < -0.39 is 0 Å². The number of thiazole rings is 1. The van der Waals surface area contributed by atoms with Crippen LogP contribution in [0.15, 0.2) is 23.1 Å². The lowest BCUT2D eigenvalue weighted by molar-refractivity contribution is 0.446. The SMILES string of the molecule is Cc1nc(C)c(C(C)NC2CCSc3c(F)cccc32)s1. The van der Waals surface area contributed by atoms with E-state index in [4.69, 9.17) is 0 Å². The molecule has 1 aliphatic heterocycles. The van der Waals surface area contributed by atoms with Gasteiger partial charge in [-0.05, 0) is 44.6 Å². The van der Waals surface area contributed by atoms with Gasteiger partial charge in [0.05, 0.1) is 10.7 Å². The van der Waals surface area contributed by atoms with Crippen molar-refractivity contribution in [2.75, 3.05) is 5.75 Å². The molecule has 2 unspecified atom stereocenters. The number of aromatic nitrogens is 1. The van der Waals surface area contributed by atoms with E-state index in [1.165, 1.54) is 4.88 Å². The first-order valence-corrected chi connectivity index (χ1v) is 8.97. The second-order valence-corrected chi connectivity index (χ2v) is 7.76. The summed E-state index contributed by atoms with van der Waals surface area (Å²) in [6, 6.07) is 5.85. The Bertz CT molecular complexity index is 654. The molecule has 1 N–H and O–H groups in total. The van der Waals surface area contributed by atoms with Crippen LogP contribution in [0.5, 0.6) is 0 Å². The molecule has 0 amide bonds. The van der Waals surface area contributed by atoms with Gasteiger partial charge >= 0.3 is 0 Å². The molecular formula is C16H19FN2S2. The highest BCUT2D eigenvalue weighted by atomic mass is 32.2. The molecule has 0 bridgehead atoms. The molecule has 3 rings (SSSR count). The topological polar surface area (TPSA) is 24.9 Å². The fraction of sp³-hybridized carbons (Fsp3) is 0.438. The molecule has 2 nitrogen and oxygen atoms in total. The van der Waals surface area contributed by atoms with E-state index in [0.717, 1.165) is 33.3 Å². The maximum Gasteiger partial charge on any atom is 0.137 e. The smallest absolute Gasteiger partial charge is 0.137 e. The second-order valence-electron chi connectivity index (χ2n) is 5.42. The summed E-state index contributed by atoms with van der Waals surface area (Å²) in [7, 11) is 0. The predicted molar refractivity (Wildman–Crippen MR) is 87.6 cm³/mol. The largest absolute Gasteiger partial charge is 0.302 e. The van der Waals surface area contributed by atoms with E-state index in [-0.39, 0.29) is 17.9 Å². The molecule has 1 aliphatic rings. The summed E-state index contributed by atoms with van der Waals surface area (Å²) >= 11 is 3.37. The van der Waals surface area contributed by atoms with Crippen molar-refractivity contribution in [1.29, 1.82) is 0 Å². The van der Waals surface area contributed by atoms with E-state index in [1.807, 2.05) is 19.1 Å². The zero-order valence-electron chi connectivity index (χ0n) is 12.4. The standard InChI is InChI=1S/C16H19FN2S2/c1-9-15(21-11(3)18-9)10(2)19-14-7-8-20-16-12(14)5-4-6-13(16)17/h4-6,10,14,19H,7-8H2,1-3H3. The molecule has 0 radical (unpaired) electrons. The van der Waals surface area contributed by atoms with Crippen LogP contribution in [0.25, 0.3) is 0 Å². The van der Waals surface area contributed by atoms with Crippen molar-refractivity contribution in [1.82, 2.24) is 10.3 Å². The number of hydrogen-bond acceptors (Lipinski definition) is 4. The average molecular weight is 322 g/mol. The Hall–Kier alpha value is -0.910. The van der Waals surface area contributed by atoms with Crippen LogP contribution in [-0.4, -0.2) is 10.7 Å². The van der Waals surface area contributed by atoms with Gasteiger partial charge in [-0.1, -0.05) is 12.1 Å². The van der Waals surface area contributed by atoms with Crippen LogP contribution in [0, 0.1) is 19.7 Å². The minimum atomic E-state index is -0.0959. The van der Waals surface area contributed by atoms with Crippen LogP contribution in [0.4, 0.5) is 4.39 Å². The molecule has 0 fully saturated rings. The maximum absolute atomic E-state index is 13.9. The summed E-state index contributed by atoms with van der Waals surface area (Å²) in [5.74, 6) is 0.861. The van der Waals surface area contributed by atoms with Gasteiger partial charge in [-0.25, -0.2) is 9.37 Å². The highest BCUT2D eigenvalue weighted by Gasteiger charge is 2.25. The summed E-state index contributed by atoms with van der Waals surface area (Å²) in [5, 5.41) is 4.76. The van der Waals surface area contributed by atoms with Crippen LogP contribution in [0.3, 0.4) is 0 Å². The molecule has 0 saturated carbocycles. The van der Waals surface area contributed by atoms with Gasteiger partial charge in [0.2, 0.25) is 0 Å². The Morgan fingerprint density at radius 2 is 2.19 bits per heavy atom. The lowest BCUT2D eigenvalue weighted by atomic mass is 10.0. The number of thioether (sulfide) groups is 1. The molecule has 1 aromatic heterocycles. The molecule has 2 aromatic rings. The number of halogens is 1. The summed E-state index contributed by atoms with van der Waals surface area (Å²) in [6.45, 7) is 6.26. The summed E-state index contributed by atoms with van der Waals surface area (Å²) < 4.78 is 13.9. The zero-order chi connectivity index (χ0) is 15.0. The van der Waals surface area contributed by atoms with E-state index in [9.17, 15) is 4.39 Å². The van der Waals surface area contributed by atoms with E-state index in [0.29, 0.717) is 0 Å².